The van der Waals surface area contributed by atoms with Crippen LogP contribution in [-0.2, 0) is 16.3 Å². The van der Waals surface area contributed by atoms with E-state index in [4.69, 9.17) is 11.6 Å². The van der Waals surface area contributed by atoms with Crippen LogP contribution in [0.25, 0.3) is 0 Å². The fourth-order valence-corrected chi connectivity index (χ4v) is 2.45. The summed E-state index contributed by atoms with van der Waals surface area (Å²) in [5.74, 6) is 0.214. The molecular formula is C12H18ClNO2S. The maximum absolute atomic E-state index is 11.1. The Morgan fingerprint density at radius 2 is 1.88 bits per heavy atom. The monoisotopic (exact) mass is 275 g/mol. The van der Waals surface area contributed by atoms with Crippen molar-refractivity contribution in [2.75, 3.05) is 19.1 Å². The van der Waals surface area contributed by atoms with Crippen molar-refractivity contribution < 1.29 is 8.42 Å². The predicted octanol–water partition coefficient (Wildman–Crippen LogP) is 1.91. The Hall–Kier alpha value is -0.580. The van der Waals surface area contributed by atoms with Crippen LogP contribution in [0.2, 0.25) is 5.02 Å². The van der Waals surface area contributed by atoms with E-state index in [-0.39, 0.29) is 11.8 Å². The van der Waals surface area contributed by atoms with Crippen LogP contribution < -0.4 is 5.32 Å². The molecule has 1 N–H and O–H groups in total. The van der Waals surface area contributed by atoms with E-state index in [2.05, 4.69) is 5.32 Å². The molecule has 3 nitrogen and oxygen atoms in total. The van der Waals surface area contributed by atoms with Gasteiger partial charge in [0.25, 0.3) is 0 Å². The Labute approximate surface area is 108 Å². The van der Waals surface area contributed by atoms with Crippen LogP contribution in [0.5, 0.6) is 0 Å². The zero-order valence-corrected chi connectivity index (χ0v) is 11.7. The van der Waals surface area contributed by atoms with Gasteiger partial charge in [-0.2, -0.15) is 0 Å². The van der Waals surface area contributed by atoms with Crippen LogP contribution in [0.3, 0.4) is 0 Å². The summed E-state index contributed by atoms with van der Waals surface area (Å²) >= 11 is 5.81. The fourth-order valence-electron chi connectivity index (χ4n) is 1.61. The first kappa shape index (κ1) is 14.5. The van der Waals surface area contributed by atoms with Gasteiger partial charge in [-0.1, -0.05) is 23.7 Å². The minimum atomic E-state index is -2.89. The second-order valence-corrected chi connectivity index (χ2v) is 6.93. The summed E-state index contributed by atoms with van der Waals surface area (Å²) < 4.78 is 22.2. The Balaban J connectivity index is 2.55. The summed E-state index contributed by atoms with van der Waals surface area (Å²) in [6.45, 7) is 0. The third-order valence-electron chi connectivity index (χ3n) is 2.64. The largest absolute Gasteiger partial charge is 0.317 e. The smallest absolute Gasteiger partial charge is 0.147 e. The summed E-state index contributed by atoms with van der Waals surface area (Å²) in [5, 5.41) is 3.85. The summed E-state index contributed by atoms with van der Waals surface area (Å²) in [6, 6.07) is 7.80. The normalized spacial score (nSPS) is 13.6. The van der Waals surface area contributed by atoms with Gasteiger partial charge in [0.1, 0.15) is 9.84 Å². The molecule has 1 aromatic carbocycles. The molecule has 0 saturated carbocycles. The molecule has 0 radical (unpaired) electrons. The molecule has 0 saturated heterocycles. The van der Waals surface area contributed by atoms with Gasteiger partial charge in [-0.3, -0.25) is 0 Å². The summed E-state index contributed by atoms with van der Waals surface area (Å²) in [7, 11) is -1.04. The summed E-state index contributed by atoms with van der Waals surface area (Å²) in [6.07, 6.45) is 2.70. The number of hydrogen-bond acceptors (Lipinski definition) is 3. The molecule has 5 heteroatoms. The van der Waals surface area contributed by atoms with Crippen LogP contribution in [0.15, 0.2) is 24.3 Å². The van der Waals surface area contributed by atoms with E-state index in [9.17, 15) is 8.42 Å². The zero-order valence-electron chi connectivity index (χ0n) is 10.1. The Bertz CT molecular complexity index is 442. The average molecular weight is 276 g/mol. The number of likely N-dealkylation sites (N-methyl/N-ethyl adjacent to an activating group) is 1. The highest BCUT2D eigenvalue weighted by Crippen LogP contribution is 2.12. The van der Waals surface area contributed by atoms with Crippen molar-refractivity contribution in [1.82, 2.24) is 5.32 Å². The minimum absolute atomic E-state index is 0.172. The van der Waals surface area contributed by atoms with E-state index in [1.165, 1.54) is 6.26 Å². The third-order valence-corrected chi connectivity index (χ3v) is 3.87. The van der Waals surface area contributed by atoms with Gasteiger partial charge in [-0.25, -0.2) is 8.42 Å². The van der Waals surface area contributed by atoms with Crippen molar-refractivity contribution in [3.63, 3.8) is 0 Å². The number of halogens is 1. The molecule has 0 bridgehead atoms. The zero-order chi connectivity index (χ0) is 12.9. The maximum atomic E-state index is 11.1. The van der Waals surface area contributed by atoms with Crippen LogP contribution in [0.1, 0.15) is 12.0 Å². The van der Waals surface area contributed by atoms with Crippen LogP contribution in [0, 0.1) is 0 Å². The lowest BCUT2D eigenvalue weighted by molar-refractivity contribution is 0.534. The van der Waals surface area contributed by atoms with Crippen molar-refractivity contribution in [2.24, 2.45) is 0 Å². The molecule has 0 amide bonds. The number of hydrogen-bond donors (Lipinski definition) is 1. The number of rotatable bonds is 6. The van der Waals surface area contributed by atoms with Gasteiger partial charge in [0.2, 0.25) is 0 Å². The molecule has 0 fully saturated rings. The number of nitrogens with one attached hydrogen (secondary N) is 1. The SMILES string of the molecule is CNC(CCS(C)(=O)=O)Cc1ccc(Cl)cc1. The molecule has 1 rings (SSSR count). The van der Waals surface area contributed by atoms with Crippen LogP contribution in [-0.4, -0.2) is 33.5 Å². The van der Waals surface area contributed by atoms with Crippen LogP contribution in [0.4, 0.5) is 0 Å². The van der Waals surface area contributed by atoms with Gasteiger partial charge in [0.15, 0.2) is 0 Å². The lowest BCUT2D eigenvalue weighted by Crippen LogP contribution is -2.29. The highest BCUT2D eigenvalue weighted by molar-refractivity contribution is 7.90. The Morgan fingerprint density at radius 3 is 2.35 bits per heavy atom. The standard InChI is InChI=1S/C12H18ClNO2S/c1-14-12(7-8-17(2,15)16)9-10-3-5-11(13)6-4-10/h3-6,12,14H,7-9H2,1-2H3. The van der Waals surface area contributed by atoms with Gasteiger partial charge in [0.05, 0.1) is 5.75 Å². The molecule has 0 heterocycles. The molecule has 1 unspecified atom stereocenters. The Kier molecular flexibility index (Phi) is 5.43. The molecule has 17 heavy (non-hydrogen) atoms. The van der Waals surface area contributed by atoms with Gasteiger partial charge in [0, 0.05) is 17.3 Å². The quantitative estimate of drug-likeness (QED) is 0.863. The first-order chi connectivity index (χ1) is 7.90. The molecule has 0 aliphatic carbocycles. The van der Waals surface area contributed by atoms with Crippen molar-refractivity contribution in [2.45, 2.75) is 18.9 Å². The lowest BCUT2D eigenvalue weighted by Gasteiger charge is -2.15. The van der Waals surface area contributed by atoms with Crippen molar-refractivity contribution in [1.29, 1.82) is 0 Å². The van der Waals surface area contributed by atoms with Crippen molar-refractivity contribution in [3.05, 3.63) is 34.9 Å². The van der Waals surface area contributed by atoms with E-state index in [1.54, 1.807) is 0 Å². The topological polar surface area (TPSA) is 46.2 Å². The average Bonchev–Trinajstić information content (AvgIpc) is 2.25. The first-order valence-corrected chi connectivity index (χ1v) is 7.94. The number of benzene rings is 1. The molecule has 96 valence electrons. The predicted molar refractivity (Wildman–Crippen MR) is 72.3 cm³/mol. The van der Waals surface area contributed by atoms with Gasteiger partial charge >= 0.3 is 0 Å². The van der Waals surface area contributed by atoms with Crippen molar-refractivity contribution in [3.8, 4) is 0 Å². The molecule has 1 atom stereocenters. The molecular weight excluding hydrogens is 258 g/mol. The van der Waals surface area contributed by atoms with Gasteiger partial charge in [-0.05, 0) is 37.6 Å². The minimum Gasteiger partial charge on any atom is -0.317 e. The maximum Gasteiger partial charge on any atom is 0.147 e. The molecule has 1 aromatic rings. The van der Waals surface area contributed by atoms with E-state index in [1.807, 2.05) is 31.3 Å². The van der Waals surface area contributed by atoms with Gasteiger partial charge in [-0.15, -0.1) is 0 Å². The molecule has 0 aliphatic rings. The summed E-state index contributed by atoms with van der Waals surface area (Å²) in [5.41, 5.74) is 1.15. The molecule has 0 aromatic heterocycles. The second-order valence-electron chi connectivity index (χ2n) is 4.23. The third kappa shape index (κ3) is 6.05. The van der Waals surface area contributed by atoms with E-state index >= 15 is 0 Å². The number of sulfone groups is 1. The lowest BCUT2D eigenvalue weighted by atomic mass is 10.0. The van der Waals surface area contributed by atoms with Crippen LogP contribution >= 0.6 is 11.6 Å². The highest BCUT2D eigenvalue weighted by Gasteiger charge is 2.11. The van der Waals surface area contributed by atoms with Crippen molar-refractivity contribution >= 4 is 21.4 Å². The van der Waals surface area contributed by atoms with E-state index in [0.717, 1.165) is 12.0 Å². The highest BCUT2D eigenvalue weighted by atomic mass is 35.5. The van der Waals surface area contributed by atoms with Gasteiger partial charge < -0.3 is 5.32 Å². The Morgan fingerprint density at radius 1 is 1.29 bits per heavy atom. The van der Waals surface area contributed by atoms with E-state index < -0.39 is 9.84 Å². The second kappa shape index (κ2) is 6.38. The fraction of sp³-hybridized carbons (Fsp3) is 0.500. The summed E-state index contributed by atoms with van der Waals surface area (Å²) in [4.78, 5) is 0. The molecule has 0 spiro atoms. The van der Waals surface area contributed by atoms with E-state index in [0.29, 0.717) is 11.4 Å². The molecule has 0 aliphatic heterocycles. The first-order valence-electron chi connectivity index (χ1n) is 5.50.